The predicted octanol–water partition coefficient (Wildman–Crippen LogP) is 5.12. The molecule has 1 unspecified atom stereocenters. The van der Waals surface area contributed by atoms with E-state index in [9.17, 15) is 0 Å². The van der Waals surface area contributed by atoms with E-state index in [1.807, 2.05) is 12.3 Å². The van der Waals surface area contributed by atoms with Gasteiger partial charge < -0.3 is 10.3 Å². The summed E-state index contributed by atoms with van der Waals surface area (Å²) in [6.45, 7) is 3.06. The molecule has 3 rings (SSSR count). The van der Waals surface area contributed by atoms with Crippen LogP contribution in [0.5, 0.6) is 0 Å². The van der Waals surface area contributed by atoms with Gasteiger partial charge in [0, 0.05) is 34.6 Å². The number of aromatic amines is 1. The molecule has 0 bridgehead atoms. The van der Waals surface area contributed by atoms with Crippen molar-refractivity contribution in [2.24, 2.45) is 0 Å². The second kappa shape index (κ2) is 6.00. The van der Waals surface area contributed by atoms with Gasteiger partial charge in [-0.1, -0.05) is 30.7 Å². The SMILES string of the molecule is CCC(NCc1cccc2[nH]ccc12)c1ccc(Cl)s1. The first-order valence-electron chi connectivity index (χ1n) is 6.81. The minimum atomic E-state index is 0.363. The third-order valence-corrected chi connectivity index (χ3v) is 4.91. The minimum absolute atomic E-state index is 0.363. The first-order valence-corrected chi connectivity index (χ1v) is 8.01. The molecule has 0 aliphatic rings. The van der Waals surface area contributed by atoms with Crippen molar-refractivity contribution in [3.63, 3.8) is 0 Å². The molecule has 0 spiro atoms. The molecule has 0 saturated heterocycles. The lowest BCUT2D eigenvalue weighted by molar-refractivity contribution is 0.528. The number of rotatable bonds is 5. The van der Waals surface area contributed by atoms with E-state index in [0.717, 1.165) is 17.3 Å². The highest BCUT2D eigenvalue weighted by molar-refractivity contribution is 7.16. The monoisotopic (exact) mass is 304 g/mol. The maximum Gasteiger partial charge on any atom is 0.0931 e. The van der Waals surface area contributed by atoms with Crippen LogP contribution in [-0.2, 0) is 6.54 Å². The summed E-state index contributed by atoms with van der Waals surface area (Å²) >= 11 is 7.69. The Morgan fingerprint density at radius 2 is 2.15 bits per heavy atom. The van der Waals surface area contributed by atoms with Gasteiger partial charge in [-0.3, -0.25) is 0 Å². The molecule has 0 aliphatic heterocycles. The van der Waals surface area contributed by atoms with Crippen LogP contribution >= 0.6 is 22.9 Å². The van der Waals surface area contributed by atoms with Gasteiger partial charge in [-0.2, -0.15) is 0 Å². The predicted molar refractivity (Wildman–Crippen MR) is 87.5 cm³/mol. The van der Waals surface area contributed by atoms with Crippen LogP contribution in [0.4, 0.5) is 0 Å². The van der Waals surface area contributed by atoms with Crippen molar-refractivity contribution in [3.05, 3.63) is 57.4 Å². The maximum absolute atomic E-state index is 6.03. The molecule has 2 nitrogen and oxygen atoms in total. The number of hydrogen-bond acceptors (Lipinski definition) is 2. The quantitative estimate of drug-likeness (QED) is 0.672. The van der Waals surface area contributed by atoms with Crippen LogP contribution in [-0.4, -0.2) is 4.98 Å². The topological polar surface area (TPSA) is 27.8 Å². The molecular weight excluding hydrogens is 288 g/mol. The van der Waals surface area contributed by atoms with Crippen molar-refractivity contribution >= 4 is 33.8 Å². The summed E-state index contributed by atoms with van der Waals surface area (Å²) in [4.78, 5) is 4.56. The molecule has 0 amide bonds. The molecule has 2 aromatic heterocycles. The molecule has 1 atom stereocenters. The number of aromatic nitrogens is 1. The largest absolute Gasteiger partial charge is 0.361 e. The molecule has 0 aliphatic carbocycles. The molecule has 0 saturated carbocycles. The van der Waals surface area contributed by atoms with Crippen LogP contribution in [0.15, 0.2) is 42.6 Å². The van der Waals surface area contributed by atoms with Crippen LogP contribution in [0.3, 0.4) is 0 Å². The highest BCUT2D eigenvalue weighted by Gasteiger charge is 2.12. The van der Waals surface area contributed by atoms with Crippen LogP contribution in [0.2, 0.25) is 4.34 Å². The van der Waals surface area contributed by atoms with Gasteiger partial charge in [0.2, 0.25) is 0 Å². The van der Waals surface area contributed by atoms with Crippen LogP contribution in [0.25, 0.3) is 10.9 Å². The Labute approximate surface area is 127 Å². The lowest BCUT2D eigenvalue weighted by Crippen LogP contribution is -2.19. The Morgan fingerprint density at radius 1 is 1.25 bits per heavy atom. The molecule has 4 heteroatoms. The average Bonchev–Trinajstić information content (AvgIpc) is 3.08. The van der Waals surface area contributed by atoms with Gasteiger partial charge in [-0.25, -0.2) is 0 Å². The summed E-state index contributed by atoms with van der Waals surface area (Å²) in [7, 11) is 0. The van der Waals surface area contributed by atoms with Crippen molar-refractivity contribution < 1.29 is 0 Å². The normalized spacial score (nSPS) is 12.9. The number of halogens is 1. The summed E-state index contributed by atoms with van der Waals surface area (Å²) in [6, 6.07) is 13.0. The minimum Gasteiger partial charge on any atom is -0.361 e. The fourth-order valence-corrected chi connectivity index (χ4v) is 3.72. The Morgan fingerprint density at radius 3 is 2.90 bits per heavy atom. The van der Waals surface area contributed by atoms with E-state index in [0.29, 0.717) is 6.04 Å². The Hall–Kier alpha value is -1.29. The van der Waals surface area contributed by atoms with Crippen molar-refractivity contribution in [2.45, 2.75) is 25.9 Å². The van der Waals surface area contributed by atoms with Gasteiger partial charge in [0.05, 0.1) is 4.34 Å². The molecular formula is C16H17ClN2S. The van der Waals surface area contributed by atoms with E-state index < -0.39 is 0 Å². The maximum atomic E-state index is 6.03. The molecule has 3 aromatic rings. The molecule has 20 heavy (non-hydrogen) atoms. The number of benzene rings is 1. The number of thiophene rings is 1. The Balaban J connectivity index is 1.76. The smallest absolute Gasteiger partial charge is 0.0931 e. The molecule has 2 heterocycles. The summed E-state index contributed by atoms with van der Waals surface area (Å²) in [6.07, 6.45) is 3.05. The van der Waals surface area contributed by atoms with Gasteiger partial charge in [-0.15, -0.1) is 11.3 Å². The first-order chi connectivity index (χ1) is 9.78. The number of hydrogen-bond donors (Lipinski definition) is 2. The van der Waals surface area contributed by atoms with E-state index >= 15 is 0 Å². The van der Waals surface area contributed by atoms with Crippen LogP contribution in [0, 0.1) is 0 Å². The van der Waals surface area contributed by atoms with Crippen molar-refractivity contribution in [1.82, 2.24) is 10.3 Å². The third kappa shape index (κ3) is 2.75. The fraction of sp³-hybridized carbons (Fsp3) is 0.250. The molecule has 0 radical (unpaired) electrons. The second-order valence-electron chi connectivity index (χ2n) is 4.84. The highest BCUT2D eigenvalue weighted by atomic mass is 35.5. The van der Waals surface area contributed by atoms with E-state index in [-0.39, 0.29) is 0 Å². The third-order valence-electron chi connectivity index (χ3n) is 3.57. The summed E-state index contributed by atoms with van der Waals surface area (Å²) < 4.78 is 0.855. The van der Waals surface area contributed by atoms with E-state index in [4.69, 9.17) is 11.6 Å². The Bertz CT molecular complexity index is 701. The fourth-order valence-electron chi connectivity index (χ4n) is 2.50. The van der Waals surface area contributed by atoms with E-state index in [1.165, 1.54) is 21.3 Å². The lowest BCUT2D eigenvalue weighted by Gasteiger charge is -2.16. The second-order valence-corrected chi connectivity index (χ2v) is 6.59. The van der Waals surface area contributed by atoms with Crippen molar-refractivity contribution in [2.75, 3.05) is 0 Å². The van der Waals surface area contributed by atoms with Gasteiger partial charge in [0.15, 0.2) is 0 Å². The zero-order chi connectivity index (χ0) is 13.9. The molecule has 104 valence electrons. The molecule has 0 fully saturated rings. The van der Waals surface area contributed by atoms with E-state index in [2.05, 4.69) is 47.6 Å². The van der Waals surface area contributed by atoms with Crippen molar-refractivity contribution in [3.8, 4) is 0 Å². The molecule has 1 aromatic carbocycles. The van der Waals surface area contributed by atoms with E-state index in [1.54, 1.807) is 11.3 Å². The van der Waals surface area contributed by atoms with Crippen LogP contribution < -0.4 is 5.32 Å². The number of H-pyrrole nitrogens is 1. The van der Waals surface area contributed by atoms with Crippen molar-refractivity contribution in [1.29, 1.82) is 0 Å². The zero-order valence-corrected chi connectivity index (χ0v) is 12.9. The summed E-state index contributed by atoms with van der Waals surface area (Å²) in [5.41, 5.74) is 2.52. The van der Waals surface area contributed by atoms with Gasteiger partial charge in [0.1, 0.15) is 0 Å². The standard InChI is InChI=1S/C16H17ClN2S/c1-2-13(15-6-7-16(17)20-15)19-10-11-4-3-5-14-12(11)8-9-18-14/h3-9,13,18-19H,2,10H2,1H3. The zero-order valence-electron chi connectivity index (χ0n) is 11.3. The average molecular weight is 305 g/mol. The number of nitrogens with one attached hydrogen (secondary N) is 2. The number of fused-ring (bicyclic) bond motifs is 1. The summed E-state index contributed by atoms with van der Waals surface area (Å²) in [5.74, 6) is 0. The van der Waals surface area contributed by atoms with Gasteiger partial charge in [-0.05, 0) is 36.2 Å². The first kappa shape index (κ1) is 13.7. The molecule has 2 N–H and O–H groups in total. The highest BCUT2D eigenvalue weighted by Crippen LogP contribution is 2.29. The van der Waals surface area contributed by atoms with Gasteiger partial charge in [0.25, 0.3) is 0 Å². The van der Waals surface area contributed by atoms with Crippen LogP contribution in [0.1, 0.15) is 29.8 Å². The Kier molecular flexibility index (Phi) is 4.10. The lowest BCUT2D eigenvalue weighted by atomic mass is 10.1. The van der Waals surface area contributed by atoms with Gasteiger partial charge >= 0.3 is 0 Å². The summed E-state index contributed by atoms with van der Waals surface area (Å²) in [5, 5.41) is 4.93.